The Hall–Kier alpha value is -3.65. The summed E-state index contributed by atoms with van der Waals surface area (Å²) < 4.78 is 10.4. The molecule has 0 saturated carbocycles. The molecule has 0 bridgehead atoms. The lowest BCUT2D eigenvalue weighted by Crippen LogP contribution is -2.30. The number of methoxy groups -OCH3 is 2. The Kier molecular flexibility index (Phi) is 6.59. The number of anilines is 1. The maximum atomic E-state index is 12.8. The van der Waals surface area contributed by atoms with Crippen LogP contribution in [-0.4, -0.2) is 31.0 Å². The summed E-state index contributed by atoms with van der Waals surface area (Å²) in [5.41, 5.74) is 1.02. The number of pyridine rings is 1. The van der Waals surface area contributed by atoms with Gasteiger partial charge in [-0.2, -0.15) is 0 Å². The average molecular weight is 409 g/mol. The summed E-state index contributed by atoms with van der Waals surface area (Å²) in [5, 5.41) is 7.32. The van der Waals surface area contributed by atoms with Crippen LogP contribution in [0.2, 0.25) is 0 Å². The molecule has 0 radical (unpaired) electrons. The fourth-order valence-corrected chi connectivity index (χ4v) is 3.14. The molecule has 0 aliphatic carbocycles. The van der Waals surface area contributed by atoms with Crippen LogP contribution in [0, 0.1) is 0 Å². The quantitative estimate of drug-likeness (QED) is 0.583. The van der Waals surface area contributed by atoms with Crippen molar-refractivity contribution >= 4 is 34.9 Å². The van der Waals surface area contributed by atoms with E-state index in [0.29, 0.717) is 22.7 Å². The molecule has 0 fully saturated rings. The van der Waals surface area contributed by atoms with Gasteiger partial charge in [-0.3, -0.25) is 14.6 Å². The molecule has 0 aliphatic heterocycles. The number of ether oxygens (including phenoxy) is 2. The molecule has 2 amide bonds. The van der Waals surface area contributed by atoms with E-state index in [1.807, 2.05) is 17.5 Å². The lowest BCUT2D eigenvalue weighted by Gasteiger charge is -2.12. The fraction of sp³-hybridized carbons (Fsp3) is 0.0952. The summed E-state index contributed by atoms with van der Waals surface area (Å²) in [5.74, 6) is 0.0380. The van der Waals surface area contributed by atoms with Gasteiger partial charge in [-0.25, -0.2) is 0 Å². The number of nitrogens with one attached hydrogen (secondary N) is 2. The Bertz CT molecular complexity index is 1020. The van der Waals surface area contributed by atoms with Crippen LogP contribution in [-0.2, 0) is 4.79 Å². The maximum absolute atomic E-state index is 12.8. The predicted octanol–water partition coefficient (Wildman–Crippen LogP) is 3.57. The molecule has 7 nitrogen and oxygen atoms in total. The highest BCUT2D eigenvalue weighted by atomic mass is 32.1. The van der Waals surface area contributed by atoms with Crippen LogP contribution in [0.3, 0.4) is 0 Å². The van der Waals surface area contributed by atoms with E-state index in [4.69, 9.17) is 9.47 Å². The SMILES string of the molecule is COc1ccc(C(=O)N/C(=C/c2cccs2)C(=O)Nc2ccncc2)cc1OC. The number of benzene rings is 1. The van der Waals surface area contributed by atoms with Crippen LogP contribution in [0.15, 0.2) is 65.9 Å². The number of carbonyl (C=O) groups excluding carboxylic acids is 2. The smallest absolute Gasteiger partial charge is 0.272 e. The van der Waals surface area contributed by atoms with Crippen molar-refractivity contribution in [2.75, 3.05) is 19.5 Å². The van der Waals surface area contributed by atoms with Gasteiger partial charge < -0.3 is 20.1 Å². The van der Waals surface area contributed by atoms with Crippen molar-refractivity contribution in [2.45, 2.75) is 0 Å². The van der Waals surface area contributed by atoms with Gasteiger partial charge in [0, 0.05) is 28.5 Å². The molecule has 0 aliphatic rings. The Morgan fingerprint density at radius 1 is 1.03 bits per heavy atom. The van der Waals surface area contributed by atoms with Crippen molar-refractivity contribution in [2.24, 2.45) is 0 Å². The van der Waals surface area contributed by atoms with Gasteiger partial charge in [0.05, 0.1) is 14.2 Å². The highest BCUT2D eigenvalue weighted by Gasteiger charge is 2.17. The van der Waals surface area contributed by atoms with Gasteiger partial charge in [-0.1, -0.05) is 6.07 Å². The number of hydrogen-bond donors (Lipinski definition) is 2. The van der Waals surface area contributed by atoms with E-state index in [0.717, 1.165) is 4.88 Å². The number of aromatic nitrogens is 1. The van der Waals surface area contributed by atoms with Crippen LogP contribution in [0.4, 0.5) is 5.69 Å². The van der Waals surface area contributed by atoms with E-state index in [-0.39, 0.29) is 5.70 Å². The first kappa shape index (κ1) is 20.1. The van der Waals surface area contributed by atoms with Gasteiger partial charge in [0.2, 0.25) is 0 Å². The zero-order valence-electron chi connectivity index (χ0n) is 15.8. The van der Waals surface area contributed by atoms with E-state index >= 15 is 0 Å². The van der Waals surface area contributed by atoms with Crippen LogP contribution >= 0.6 is 11.3 Å². The molecular weight excluding hydrogens is 390 g/mol. The standard InChI is InChI=1S/C21H19N3O4S/c1-27-18-6-5-14(12-19(18)28-2)20(25)24-17(13-16-4-3-11-29-16)21(26)23-15-7-9-22-10-8-15/h3-13H,1-2H3,(H,24,25)(H,22,23,26)/b17-13+. The van der Waals surface area contributed by atoms with Crippen LogP contribution in [0.25, 0.3) is 6.08 Å². The van der Waals surface area contributed by atoms with Gasteiger partial charge in [0.1, 0.15) is 5.70 Å². The number of carbonyl (C=O) groups is 2. The Morgan fingerprint density at radius 2 is 1.79 bits per heavy atom. The van der Waals surface area contributed by atoms with Crippen molar-refractivity contribution in [3.05, 3.63) is 76.4 Å². The van der Waals surface area contributed by atoms with Gasteiger partial charge in [0.25, 0.3) is 11.8 Å². The summed E-state index contributed by atoms with van der Waals surface area (Å²) in [6.45, 7) is 0. The van der Waals surface area contributed by atoms with Crippen LogP contribution in [0.1, 0.15) is 15.2 Å². The molecule has 2 N–H and O–H groups in total. The van der Waals surface area contributed by atoms with Gasteiger partial charge in [0.15, 0.2) is 11.5 Å². The predicted molar refractivity (Wildman–Crippen MR) is 112 cm³/mol. The molecule has 0 unspecified atom stereocenters. The highest BCUT2D eigenvalue weighted by molar-refractivity contribution is 7.10. The largest absolute Gasteiger partial charge is 0.493 e. The van der Waals surface area contributed by atoms with Crippen molar-refractivity contribution in [3.63, 3.8) is 0 Å². The lowest BCUT2D eigenvalue weighted by molar-refractivity contribution is -0.113. The summed E-state index contributed by atoms with van der Waals surface area (Å²) >= 11 is 1.45. The third-order valence-electron chi connectivity index (χ3n) is 3.91. The molecule has 29 heavy (non-hydrogen) atoms. The zero-order valence-corrected chi connectivity index (χ0v) is 16.7. The molecular formula is C21H19N3O4S. The second-order valence-electron chi connectivity index (χ2n) is 5.79. The number of thiophene rings is 1. The Morgan fingerprint density at radius 3 is 2.45 bits per heavy atom. The molecule has 0 atom stereocenters. The summed E-state index contributed by atoms with van der Waals surface area (Å²) in [7, 11) is 3.01. The fourth-order valence-electron chi connectivity index (χ4n) is 2.48. The second-order valence-corrected chi connectivity index (χ2v) is 6.77. The molecule has 0 saturated heterocycles. The molecule has 1 aromatic carbocycles. The summed E-state index contributed by atoms with van der Waals surface area (Å²) in [6.07, 6.45) is 4.76. The topological polar surface area (TPSA) is 89.5 Å². The second kappa shape index (κ2) is 9.52. The molecule has 3 rings (SSSR count). The molecule has 2 aromatic heterocycles. The minimum absolute atomic E-state index is 0.115. The Labute approximate surface area is 172 Å². The zero-order chi connectivity index (χ0) is 20.6. The third-order valence-corrected chi connectivity index (χ3v) is 4.73. The summed E-state index contributed by atoms with van der Waals surface area (Å²) in [4.78, 5) is 30.3. The molecule has 0 spiro atoms. The normalized spacial score (nSPS) is 10.9. The molecule has 3 aromatic rings. The van der Waals surface area contributed by atoms with Crippen LogP contribution < -0.4 is 20.1 Å². The number of amides is 2. The van der Waals surface area contributed by atoms with Crippen molar-refractivity contribution < 1.29 is 19.1 Å². The average Bonchev–Trinajstić information content (AvgIpc) is 3.26. The van der Waals surface area contributed by atoms with E-state index in [1.54, 1.807) is 48.8 Å². The molecule has 148 valence electrons. The van der Waals surface area contributed by atoms with Crippen molar-refractivity contribution in [1.82, 2.24) is 10.3 Å². The molecule has 2 heterocycles. The monoisotopic (exact) mass is 409 g/mol. The first-order chi connectivity index (χ1) is 14.1. The van der Waals surface area contributed by atoms with Gasteiger partial charge in [-0.15, -0.1) is 11.3 Å². The van der Waals surface area contributed by atoms with Gasteiger partial charge in [-0.05, 0) is 47.9 Å². The minimum atomic E-state index is -0.446. The van der Waals surface area contributed by atoms with Gasteiger partial charge >= 0.3 is 0 Å². The van der Waals surface area contributed by atoms with Crippen molar-refractivity contribution in [3.8, 4) is 11.5 Å². The number of nitrogens with zero attached hydrogens (tertiary/aromatic N) is 1. The van der Waals surface area contributed by atoms with E-state index in [2.05, 4.69) is 15.6 Å². The van der Waals surface area contributed by atoms with E-state index < -0.39 is 11.8 Å². The number of hydrogen-bond acceptors (Lipinski definition) is 6. The Balaban J connectivity index is 1.85. The van der Waals surface area contributed by atoms with E-state index in [9.17, 15) is 9.59 Å². The summed E-state index contributed by atoms with van der Waals surface area (Å²) in [6, 6.07) is 11.8. The highest BCUT2D eigenvalue weighted by Crippen LogP contribution is 2.27. The van der Waals surface area contributed by atoms with Crippen LogP contribution in [0.5, 0.6) is 11.5 Å². The minimum Gasteiger partial charge on any atom is -0.493 e. The first-order valence-electron chi connectivity index (χ1n) is 8.60. The maximum Gasteiger partial charge on any atom is 0.272 e. The molecule has 8 heteroatoms. The first-order valence-corrected chi connectivity index (χ1v) is 9.48. The third kappa shape index (κ3) is 5.20. The van der Waals surface area contributed by atoms with Crippen molar-refractivity contribution in [1.29, 1.82) is 0 Å². The lowest BCUT2D eigenvalue weighted by atomic mass is 10.1. The van der Waals surface area contributed by atoms with E-state index in [1.165, 1.54) is 25.6 Å². The number of rotatable bonds is 7.